The van der Waals surface area contributed by atoms with E-state index in [0.717, 1.165) is 6.42 Å². The van der Waals surface area contributed by atoms with Gasteiger partial charge in [0.15, 0.2) is 0 Å². The maximum atomic E-state index is 12.3. The molecule has 5 heteroatoms. The summed E-state index contributed by atoms with van der Waals surface area (Å²) in [4.78, 5) is 0. The molecular formula is C12H27O4P. The zero-order chi connectivity index (χ0) is 13.5. The summed E-state index contributed by atoms with van der Waals surface area (Å²) < 4.78 is 28.2. The van der Waals surface area contributed by atoms with Crippen LogP contribution >= 0.6 is 7.82 Å². The van der Waals surface area contributed by atoms with Crippen molar-refractivity contribution in [3.63, 3.8) is 0 Å². The fourth-order valence-corrected chi connectivity index (χ4v) is 3.26. The van der Waals surface area contributed by atoms with Crippen LogP contribution in [0.15, 0.2) is 0 Å². The molecule has 0 radical (unpaired) electrons. The molecule has 0 rings (SSSR count). The Morgan fingerprint density at radius 3 is 1.76 bits per heavy atom. The van der Waals surface area contributed by atoms with Gasteiger partial charge in [0.05, 0.1) is 19.3 Å². The van der Waals surface area contributed by atoms with Crippen molar-refractivity contribution in [3.8, 4) is 0 Å². The number of phosphoric acid groups is 1. The van der Waals surface area contributed by atoms with Crippen molar-refractivity contribution in [2.24, 2.45) is 11.8 Å². The molecule has 0 aromatic carbocycles. The molecule has 0 heterocycles. The van der Waals surface area contributed by atoms with Crippen LogP contribution in [-0.4, -0.2) is 19.3 Å². The van der Waals surface area contributed by atoms with Gasteiger partial charge in [0.1, 0.15) is 0 Å². The van der Waals surface area contributed by atoms with Gasteiger partial charge in [0.25, 0.3) is 0 Å². The molecule has 4 nitrogen and oxygen atoms in total. The van der Waals surface area contributed by atoms with Crippen LogP contribution in [0, 0.1) is 11.8 Å². The van der Waals surface area contributed by atoms with Crippen LogP contribution in [0.3, 0.4) is 0 Å². The van der Waals surface area contributed by atoms with Crippen LogP contribution in [0.25, 0.3) is 0 Å². The molecule has 0 saturated carbocycles. The highest BCUT2D eigenvalue weighted by Gasteiger charge is 2.33. The zero-order valence-electron chi connectivity index (χ0n) is 11.9. The van der Waals surface area contributed by atoms with Crippen LogP contribution in [0.5, 0.6) is 0 Å². The van der Waals surface area contributed by atoms with Crippen molar-refractivity contribution in [1.82, 2.24) is 0 Å². The second kappa shape index (κ2) is 8.25. The van der Waals surface area contributed by atoms with Gasteiger partial charge in [0.2, 0.25) is 0 Å². The standard InChI is InChI=1S/C12H27O4P/c1-7-11(6)12(10(4)5)16-17(13,14-8-2)15-9-3/h10-12H,7-9H2,1-6H3. The zero-order valence-corrected chi connectivity index (χ0v) is 12.8. The second-order valence-corrected chi connectivity index (χ2v) is 6.10. The van der Waals surface area contributed by atoms with Crippen molar-refractivity contribution < 1.29 is 18.1 Å². The van der Waals surface area contributed by atoms with Gasteiger partial charge >= 0.3 is 7.82 Å². The lowest BCUT2D eigenvalue weighted by molar-refractivity contribution is 0.0332. The van der Waals surface area contributed by atoms with Crippen molar-refractivity contribution in [3.05, 3.63) is 0 Å². The van der Waals surface area contributed by atoms with Gasteiger partial charge in [0, 0.05) is 0 Å². The Hall–Kier alpha value is 0.110. The Bertz CT molecular complexity index is 233. The fourth-order valence-electron chi connectivity index (χ4n) is 1.68. The average Bonchev–Trinajstić information content (AvgIpc) is 2.25. The van der Waals surface area contributed by atoms with Gasteiger partial charge in [-0.1, -0.05) is 34.1 Å². The third-order valence-electron chi connectivity index (χ3n) is 2.69. The molecule has 104 valence electrons. The average molecular weight is 266 g/mol. The molecular weight excluding hydrogens is 239 g/mol. The normalized spacial score (nSPS) is 16.2. The van der Waals surface area contributed by atoms with Crippen molar-refractivity contribution in [2.75, 3.05) is 13.2 Å². The molecule has 0 aliphatic rings. The molecule has 0 bridgehead atoms. The maximum Gasteiger partial charge on any atom is 0.475 e. The fraction of sp³-hybridized carbons (Fsp3) is 1.00. The quantitative estimate of drug-likeness (QED) is 0.585. The van der Waals surface area contributed by atoms with Crippen LogP contribution in [0.2, 0.25) is 0 Å². The summed E-state index contributed by atoms with van der Waals surface area (Å²) in [5.41, 5.74) is 0. The van der Waals surface area contributed by atoms with Gasteiger partial charge in [-0.2, -0.15) is 0 Å². The highest BCUT2D eigenvalue weighted by Crippen LogP contribution is 2.52. The minimum Gasteiger partial charge on any atom is -0.287 e. The molecule has 17 heavy (non-hydrogen) atoms. The minimum atomic E-state index is -3.40. The lowest BCUT2D eigenvalue weighted by Gasteiger charge is -2.29. The van der Waals surface area contributed by atoms with E-state index in [4.69, 9.17) is 13.6 Å². The lowest BCUT2D eigenvalue weighted by Crippen LogP contribution is -2.27. The smallest absolute Gasteiger partial charge is 0.287 e. The molecule has 0 saturated heterocycles. The van der Waals surface area contributed by atoms with E-state index in [2.05, 4.69) is 27.7 Å². The van der Waals surface area contributed by atoms with Gasteiger partial charge in [-0.05, 0) is 25.7 Å². The molecule has 0 aliphatic heterocycles. The first-order chi connectivity index (χ1) is 7.90. The van der Waals surface area contributed by atoms with E-state index in [-0.39, 0.29) is 12.0 Å². The summed E-state index contributed by atoms with van der Waals surface area (Å²) in [6, 6.07) is 0. The summed E-state index contributed by atoms with van der Waals surface area (Å²) in [6.45, 7) is 12.5. The SMILES string of the molecule is CCOP(=O)(OCC)OC(C(C)C)C(C)CC. The van der Waals surface area contributed by atoms with E-state index < -0.39 is 7.82 Å². The minimum absolute atomic E-state index is 0.107. The van der Waals surface area contributed by atoms with Crippen molar-refractivity contribution in [2.45, 2.75) is 54.1 Å². The Kier molecular flexibility index (Phi) is 8.31. The Labute approximate surface area is 106 Å². The monoisotopic (exact) mass is 266 g/mol. The molecule has 2 atom stereocenters. The maximum absolute atomic E-state index is 12.3. The van der Waals surface area contributed by atoms with E-state index in [9.17, 15) is 4.57 Å². The molecule has 2 unspecified atom stereocenters. The largest absolute Gasteiger partial charge is 0.475 e. The van der Waals surface area contributed by atoms with E-state index >= 15 is 0 Å². The van der Waals surface area contributed by atoms with E-state index in [1.54, 1.807) is 13.8 Å². The number of phosphoric ester groups is 1. The molecule has 0 fully saturated rings. The first-order valence-electron chi connectivity index (χ1n) is 6.47. The van der Waals surface area contributed by atoms with Crippen LogP contribution in [0.4, 0.5) is 0 Å². The highest BCUT2D eigenvalue weighted by atomic mass is 31.2. The van der Waals surface area contributed by atoms with Gasteiger partial charge in [-0.15, -0.1) is 0 Å². The first-order valence-corrected chi connectivity index (χ1v) is 7.93. The summed E-state index contributed by atoms with van der Waals surface area (Å²) in [7, 11) is -3.40. The predicted molar refractivity (Wildman–Crippen MR) is 70.0 cm³/mol. The highest BCUT2D eigenvalue weighted by molar-refractivity contribution is 7.48. The lowest BCUT2D eigenvalue weighted by atomic mass is 9.93. The van der Waals surface area contributed by atoms with Crippen LogP contribution < -0.4 is 0 Å². The Morgan fingerprint density at radius 2 is 1.47 bits per heavy atom. The molecule has 0 N–H and O–H groups in total. The molecule has 0 amide bonds. The predicted octanol–water partition coefficient (Wildman–Crippen LogP) is 4.25. The van der Waals surface area contributed by atoms with Crippen molar-refractivity contribution >= 4 is 7.82 Å². The molecule has 0 aromatic rings. The summed E-state index contributed by atoms with van der Waals surface area (Å²) in [5.74, 6) is 0.600. The molecule has 0 aliphatic carbocycles. The van der Waals surface area contributed by atoms with Gasteiger partial charge in [-0.3, -0.25) is 13.6 Å². The van der Waals surface area contributed by atoms with Crippen molar-refractivity contribution in [1.29, 1.82) is 0 Å². The van der Waals surface area contributed by atoms with Gasteiger partial charge < -0.3 is 0 Å². The Morgan fingerprint density at radius 1 is 1.00 bits per heavy atom. The molecule has 0 spiro atoms. The number of hydrogen-bond donors (Lipinski definition) is 0. The topological polar surface area (TPSA) is 44.8 Å². The second-order valence-electron chi connectivity index (χ2n) is 4.48. The van der Waals surface area contributed by atoms with E-state index in [1.165, 1.54) is 0 Å². The number of rotatable bonds is 9. The summed E-state index contributed by atoms with van der Waals surface area (Å²) in [6.07, 6.45) is 0.866. The molecule has 0 aromatic heterocycles. The van der Waals surface area contributed by atoms with E-state index in [0.29, 0.717) is 19.1 Å². The third-order valence-corrected chi connectivity index (χ3v) is 4.34. The van der Waals surface area contributed by atoms with Crippen LogP contribution in [0.1, 0.15) is 48.0 Å². The summed E-state index contributed by atoms with van der Waals surface area (Å²) >= 11 is 0. The third kappa shape index (κ3) is 6.01. The van der Waals surface area contributed by atoms with Crippen LogP contribution in [-0.2, 0) is 18.1 Å². The number of hydrogen-bond acceptors (Lipinski definition) is 4. The Balaban J connectivity index is 4.73. The first kappa shape index (κ1) is 17.1. The summed E-state index contributed by atoms with van der Waals surface area (Å²) in [5, 5.41) is 0. The van der Waals surface area contributed by atoms with Gasteiger partial charge in [-0.25, -0.2) is 4.57 Å². The van der Waals surface area contributed by atoms with E-state index in [1.807, 2.05) is 0 Å².